The van der Waals surface area contributed by atoms with Crippen LogP contribution in [0.2, 0.25) is 5.02 Å². The quantitative estimate of drug-likeness (QED) is 0.634. The summed E-state index contributed by atoms with van der Waals surface area (Å²) in [5.74, 6) is -1.26. The first-order chi connectivity index (χ1) is 8.36. The molecule has 98 valence electrons. The number of carboxylic acid groups (broad SMARTS) is 1. The van der Waals surface area contributed by atoms with Crippen LogP contribution in [0.5, 0.6) is 0 Å². The maximum atomic E-state index is 11.1. The Morgan fingerprint density at radius 3 is 2.67 bits per heavy atom. The lowest BCUT2D eigenvalue weighted by Gasteiger charge is -2.16. The largest absolute Gasteiger partial charge is 0.478 e. The van der Waals surface area contributed by atoms with Gasteiger partial charge in [-0.05, 0) is 13.3 Å². The molecule has 0 saturated carbocycles. The lowest BCUT2D eigenvalue weighted by molar-refractivity contribution is -0.384. The van der Waals surface area contributed by atoms with Gasteiger partial charge in [0.2, 0.25) is 0 Å². The second-order valence-electron chi connectivity index (χ2n) is 3.87. The van der Waals surface area contributed by atoms with E-state index in [2.05, 4.69) is 5.32 Å². The fourth-order valence-electron chi connectivity index (χ4n) is 1.36. The van der Waals surface area contributed by atoms with Crippen LogP contribution in [-0.2, 0) is 0 Å². The fourth-order valence-corrected chi connectivity index (χ4v) is 1.63. The zero-order valence-electron chi connectivity index (χ0n) is 9.94. The number of carboxylic acids is 1. The highest BCUT2D eigenvalue weighted by Crippen LogP contribution is 2.32. The van der Waals surface area contributed by atoms with Gasteiger partial charge >= 0.3 is 5.97 Å². The van der Waals surface area contributed by atoms with E-state index < -0.39 is 10.9 Å². The van der Waals surface area contributed by atoms with Crippen molar-refractivity contribution in [2.24, 2.45) is 0 Å². The SMILES string of the molecule is CCC(C)Nc1c(Cl)cc([N+](=O)[O-])cc1C(=O)O. The number of anilines is 1. The molecule has 0 aliphatic rings. The molecule has 1 atom stereocenters. The maximum Gasteiger partial charge on any atom is 0.338 e. The van der Waals surface area contributed by atoms with E-state index in [4.69, 9.17) is 16.7 Å². The Kier molecular flexibility index (Phi) is 4.49. The number of hydrogen-bond acceptors (Lipinski definition) is 4. The second-order valence-corrected chi connectivity index (χ2v) is 4.27. The number of aromatic carboxylic acids is 1. The number of rotatable bonds is 5. The van der Waals surface area contributed by atoms with Gasteiger partial charge in [0.1, 0.15) is 0 Å². The summed E-state index contributed by atoms with van der Waals surface area (Å²) in [7, 11) is 0. The Bertz CT molecular complexity index is 490. The summed E-state index contributed by atoms with van der Waals surface area (Å²) in [4.78, 5) is 21.1. The van der Waals surface area contributed by atoms with Crippen molar-refractivity contribution in [1.82, 2.24) is 0 Å². The van der Waals surface area contributed by atoms with Gasteiger partial charge in [-0.1, -0.05) is 18.5 Å². The second kappa shape index (κ2) is 5.68. The summed E-state index contributed by atoms with van der Waals surface area (Å²) in [6.45, 7) is 3.79. The van der Waals surface area contributed by atoms with Gasteiger partial charge in [-0.3, -0.25) is 10.1 Å². The van der Waals surface area contributed by atoms with Crippen LogP contribution in [0.25, 0.3) is 0 Å². The summed E-state index contributed by atoms with van der Waals surface area (Å²) in [5, 5.41) is 22.7. The number of carbonyl (C=O) groups is 1. The van der Waals surface area contributed by atoms with Gasteiger partial charge in [-0.15, -0.1) is 0 Å². The van der Waals surface area contributed by atoms with E-state index in [0.29, 0.717) is 0 Å². The molecular formula is C11H13ClN2O4. The average molecular weight is 273 g/mol. The molecule has 0 aliphatic heterocycles. The van der Waals surface area contributed by atoms with Gasteiger partial charge in [0.25, 0.3) is 5.69 Å². The molecule has 0 aliphatic carbocycles. The Morgan fingerprint density at radius 2 is 2.22 bits per heavy atom. The lowest BCUT2D eigenvalue weighted by Crippen LogP contribution is -2.16. The van der Waals surface area contributed by atoms with Gasteiger partial charge in [0.05, 0.1) is 21.2 Å². The molecule has 18 heavy (non-hydrogen) atoms. The predicted molar refractivity (Wildman–Crippen MR) is 68.4 cm³/mol. The van der Waals surface area contributed by atoms with Crippen LogP contribution in [-0.4, -0.2) is 22.0 Å². The third-order valence-electron chi connectivity index (χ3n) is 2.52. The zero-order valence-corrected chi connectivity index (χ0v) is 10.7. The van der Waals surface area contributed by atoms with E-state index >= 15 is 0 Å². The normalized spacial score (nSPS) is 11.9. The minimum atomic E-state index is -1.26. The average Bonchev–Trinajstić information content (AvgIpc) is 2.30. The highest BCUT2D eigenvalue weighted by molar-refractivity contribution is 6.34. The zero-order chi connectivity index (χ0) is 13.9. The number of nitro groups is 1. The molecule has 0 aromatic heterocycles. The minimum Gasteiger partial charge on any atom is -0.478 e. The molecule has 1 unspecified atom stereocenters. The standard InChI is InChI=1S/C11H13ClN2O4/c1-3-6(2)13-10-8(11(15)16)4-7(14(17)18)5-9(10)12/h4-6,13H,3H2,1-2H3,(H,15,16). The molecule has 0 fully saturated rings. The van der Waals surface area contributed by atoms with Crippen LogP contribution in [0, 0.1) is 10.1 Å². The van der Waals surface area contributed by atoms with Gasteiger partial charge in [-0.2, -0.15) is 0 Å². The van der Waals surface area contributed by atoms with Crippen molar-refractivity contribution in [3.05, 3.63) is 32.8 Å². The molecule has 1 aromatic carbocycles. The van der Waals surface area contributed by atoms with Gasteiger partial charge < -0.3 is 10.4 Å². The molecule has 6 nitrogen and oxygen atoms in total. The molecule has 0 spiro atoms. The van der Waals surface area contributed by atoms with Crippen molar-refractivity contribution in [3.63, 3.8) is 0 Å². The highest BCUT2D eigenvalue weighted by atomic mass is 35.5. The summed E-state index contributed by atoms with van der Waals surface area (Å²) in [5.41, 5.74) is -0.328. The van der Waals surface area contributed by atoms with Gasteiger partial charge in [-0.25, -0.2) is 4.79 Å². The minimum absolute atomic E-state index is 0.0158. The number of halogens is 1. The number of benzene rings is 1. The first-order valence-electron chi connectivity index (χ1n) is 5.34. The summed E-state index contributed by atoms with van der Waals surface area (Å²) < 4.78 is 0. The van der Waals surface area contributed by atoms with Crippen molar-refractivity contribution in [3.8, 4) is 0 Å². The molecule has 0 heterocycles. The van der Waals surface area contributed by atoms with Crippen LogP contribution >= 0.6 is 11.6 Å². The molecule has 0 radical (unpaired) electrons. The van der Waals surface area contributed by atoms with E-state index in [9.17, 15) is 14.9 Å². The summed E-state index contributed by atoms with van der Waals surface area (Å²) in [6.07, 6.45) is 0.770. The predicted octanol–water partition coefficient (Wildman–Crippen LogP) is 3.16. The summed E-state index contributed by atoms with van der Waals surface area (Å²) in [6, 6.07) is 2.15. The molecule has 2 N–H and O–H groups in total. The van der Waals surface area contributed by atoms with Crippen LogP contribution in [0.1, 0.15) is 30.6 Å². The van der Waals surface area contributed by atoms with Crippen LogP contribution in [0.3, 0.4) is 0 Å². The van der Waals surface area contributed by atoms with Crippen molar-refractivity contribution < 1.29 is 14.8 Å². The van der Waals surface area contributed by atoms with E-state index in [1.807, 2.05) is 13.8 Å². The molecule has 0 amide bonds. The van der Waals surface area contributed by atoms with Crippen LogP contribution in [0.15, 0.2) is 12.1 Å². The van der Waals surface area contributed by atoms with Crippen molar-refractivity contribution in [2.45, 2.75) is 26.3 Å². The maximum absolute atomic E-state index is 11.1. The Balaban J connectivity index is 3.31. The molecule has 7 heteroatoms. The number of nitrogens with zero attached hydrogens (tertiary/aromatic N) is 1. The number of nitrogens with one attached hydrogen (secondary N) is 1. The third kappa shape index (κ3) is 3.10. The number of non-ortho nitro benzene ring substituents is 1. The summed E-state index contributed by atoms with van der Waals surface area (Å²) >= 11 is 5.89. The molecule has 0 bridgehead atoms. The van der Waals surface area contributed by atoms with E-state index in [1.54, 1.807) is 0 Å². The highest BCUT2D eigenvalue weighted by Gasteiger charge is 2.20. The molecule has 1 aromatic rings. The smallest absolute Gasteiger partial charge is 0.338 e. The first kappa shape index (κ1) is 14.2. The third-order valence-corrected chi connectivity index (χ3v) is 2.82. The van der Waals surface area contributed by atoms with Crippen LogP contribution < -0.4 is 5.32 Å². The van der Waals surface area contributed by atoms with E-state index in [1.165, 1.54) is 0 Å². The Hall–Kier alpha value is -1.82. The van der Waals surface area contributed by atoms with Crippen molar-refractivity contribution >= 4 is 28.9 Å². The first-order valence-corrected chi connectivity index (χ1v) is 5.72. The Morgan fingerprint density at radius 1 is 1.61 bits per heavy atom. The molecular weight excluding hydrogens is 260 g/mol. The number of nitro benzene ring substituents is 1. The fraction of sp³-hybridized carbons (Fsp3) is 0.364. The van der Waals surface area contributed by atoms with Gasteiger partial charge in [0.15, 0.2) is 0 Å². The van der Waals surface area contributed by atoms with Crippen LogP contribution in [0.4, 0.5) is 11.4 Å². The van der Waals surface area contributed by atoms with Crippen molar-refractivity contribution in [1.29, 1.82) is 0 Å². The van der Waals surface area contributed by atoms with Gasteiger partial charge in [0, 0.05) is 18.2 Å². The molecule has 0 saturated heterocycles. The number of hydrogen-bond donors (Lipinski definition) is 2. The van der Waals surface area contributed by atoms with E-state index in [0.717, 1.165) is 18.6 Å². The van der Waals surface area contributed by atoms with Crippen molar-refractivity contribution in [2.75, 3.05) is 5.32 Å². The molecule has 1 rings (SSSR count). The lowest BCUT2D eigenvalue weighted by atomic mass is 10.1. The topological polar surface area (TPSA) is 92.5 Å². The Labute approximate surface area is 109 Å². The monoisotopic (exact) mass is 272 g/mol. The van der Waals surface area contributed by atoms with E-state index in [-0.39, 0.29) is 28.0 Å².